The Labute approximate surface area is 196 Å². The Morgan fingerprint density at radius 3 is 2.38 bits per heavy atom. The number of carbonyl (C=O) groups excluding carboxylic acids is 3. The Hall–Kier alpha value is -4.66. The highest BCUT2D eigenvalue weighted by atomic mass is 16.5. The second-order valence-corrected chi connectivity index (χ2v) is 7.05. The summed E-state index contributed by atoms with van der Waals surface area (Å²) in [7, 11) is 2.93. The van der Waals surface area contributed by atoms with Crippen LogP contribution in [0.15, 0.2) is 71.8 Å². The third-order valence-corrected chi connectivity index (χ3v) is 4.57. The first-order valence-corrected chi connectivity index (χ1v) is 10.1. The van der Waals surface area contributed by atoms with Crippen LogP contribution in [0.5, 0.6) is 17.2 Å². The summed E-state index contributed by atoms with van der Waals surface area (Å²) in [4.78, 5) is 36.6. The van der Waals surface area contributed by atoms with Crippen LogP contribution in [0.25, 0.3) is 0 Å². The van der Waals surface area contributed by atoms with Crippen LogP contribution in [-0.2, 0) is 9.59 Å². The van der Waals surface area contributed by atoms with E-state index in [0.717, 1.165) is 5.56 Å². The van der Waals surface area contributed by atoms with Crippen molar-refractivity contribution in [3.63, 3.8) is 0 Å². The largest absolute Gasteiger partial charge is 0.497 e. The number of carbonyl (C=O) groups is 3. The summed E-state index contributed by atoms with van der Waals surface area (Å²) >= 11 is 0. The van der Waals surface area contributed by atoms with Crippen LogP contribution in [0.2, 0.25) is 0 Å². The van der Waals surface area contributed by atoms with Crippen LogP contribution in [0.1, 0.15) is 21.5 Å². The van der Waals surface area contributed by atoms with Gasteiger partial charge < -0.3 is 19.5 Å². The third-order valence-electron chi connectivity index (χ3n) is 4.57. The first kappa shape index (κ1) is 24.0. The van der Waals surface area contributed by atoms with Gasteiger partial charge in [-0.05, 0) is 48.9 Å². The summed E-state index contributed by atoms with van der Waals surface area (Å²) in [6.45, 7) is 1.88. The molecule has 0 fully saturated rings. The average molecular weight is 461 g/mol. The van der Waals surface area contributed by atoms with Crippen LogP contribution in [0, 0.1) is 6.92 Å². The van der Waals surface area contributed by atoms with Crippen molar-refractivity contribution in [2.24, 2.45) is 5.10 Å². The molecule has 0 aromatic heterocycles. The number of hydrogen-bond acceptors (Lipinski definition) is 7. The zero-order valence-electron chi connectivity index (χ0n) is 18.8. The predicted octanol–water partition coefficient (Wildman–Crippen LogP) is 3.32. The van der Waals surface area contributed by atoms with E-state index >= 15 is 0 Å². The number of methoxy groups -OCH3 is 2. The van der Waals surface area contributed by atoms with E-state index in [4.69, 9.17) is 14.2 Å². The van der Waals surface area contributed by atoms with Gasteiger partial charge in [-0.2, -0.15) is 5.10 Å². The normalized spacial score (nSPS) is 10.4. The molecule has 34 heavy (non-hydrogen) atoms. The number of benzene rings is 3. The Bertz CT molecular complexity index is 1240. The third kappa shape index (κ3) is 6.42. The topological polar surface area (TPSA) is 115 Å². The summed E-state index contributed by atoms with van der Waals surface area (Å²) in [5.41, 5.74) is 4.38. The second kappa shape index (κ2) is 11.3. The molecule has 0 aliphatic carbocycles. The zero-order chi connectivity index (χ0) is 24.5. The molecule has 0 saturated heterocycles. The predicted molar refractivity (Wildman–Crippen MR) is 126 cm³/mol. The van der Waals surface area contributed by atoms with E-state index in [1.54, 1.807) is 60.7 Å². The summed E-state index contributed by atoms with van der Waals surface area (Å²) in [5, 5.41) is 6.24. The Morgan fingerprint density at radius 1 is 0.853 bits per heavy atom. The van der Waals surface area contributed by atoms with Gasteiger partial charge >= 0.3 is 17.8 Å². The Kier molecular flexibility index (Phi) is 7.96. The molecular formula is C25H23N3O6. The van der Waals surface area contributed by atoms with Crippen molar-refractivity contribution in [3.05, 3.63) is 83.4 Å². The number of hydrogen-bond donors (Lipinski definition) is 2. The molecule has 3 aromatic rings. The summed E-state index contributed by atoms with van der Waals surface area (Å²) in [6.07, 6.45) is 1.32. The van der Waals surface area contributed by atoms with E-state index in [0.29, 0.717) is 34.1 Å². The van der Waals surface area contributed by atoms with E-state index in [1.807, 2.05) is 13.0 Å². The van der Waals surface area contributed by atoms with Gasteiger partial charge in [0.25, 0.3) is 0 Å². The van der Waals surface area contributed by atoms with Gasteiger partial charge in [0.05, 0.1) is 31.7 Å². The molecule has 0 unspecified atom stereocenters. The maximum absolute atomic E-state index is 12.3. The minimum absolute atomic E-state index is 0.301. The summed E-state index contributed by atoms with van der Waals surface area (Å²) in [6, 6.07) is 18.4. The average Bonchev–Trinajstić information content (AvgIpc) is 2.84. The molecule has 0 aliphatic rings. The first-order chi connectivity index (χ1) is 16.4. The van der Waals surface area contributed by atoms with Gasteiger partial charge in [-0.1, -0.05) is 29.8 Å². The highest BCUT2D eigenvalue weighted by molar-refractivity contribution is 6.39. The highest BCUT2D eigenvalue weighted by Gasteiger charge is 2.16. The lowest BCUT2D eigenvalue weighted by atomic mass is 10.1. The monoisotopic (exact) mass is 461 g/mol. The number of nitrogens with zero attached hydrogens (tertiary/aromatic N) is 1. The fourth-order valence-corrected chi connectivity index (χ4v) is 2.89. The van der Waals surface area contributed by atoms with Gasteiger partial charge in [0.15, 0.2) is 0 Å². The van der Waals surface area contributed by atoms with Gasteiger partial charge in [0.2, 0.25) is 0 Å². The van der Waals surface area contributed by atoms with Crippen LogP contribution < -0.4 is 25.0 Å². The van der Waals surface area contributed by atoms with Crippen molar-refractivity contribution in [2.75, 3.05) is 19.5 Å². The number of amides is 2. The van der Waals surface area contributed by atoms with Crippen LogP contribution in [-0.4, -0.2) is 38.2 Å². The molecule has 3 aromatic carbocycles. The lowest BCUT2D eigenvalue weighted by Gasteiger charge is -2.10. The molecule has 2 amide bonds. The van der Waals surface area contributed by atoms with E-state index in [9.17, 15) is 14.4 Å². The molecule has 9 nitrogen and oxygen atoms in total. The van der Waals surface area contributed by atoms with Crippen LogP contribution in [0.3, 0.4) is 0 Å². The molecule has 0 bridgehead atoms. The van der Waals surface area contributed by atoms with Crippen molar-refractivity contribution in [1.29, 1.82) is 0 Å². The lowest BCUT2D eigenvalue weighted by molar-refractivity contribution is -0.136. The lowest BCUT2D eigenvalue weighted by Crippen LogP contribution is -2.32. The summed E-state index contributed by atoms with van der Waals surface area (Å²) in [5.74, 6) is -1.21. The number of nitrogens with one attached hydrogen (secondary N) is 2. The number of esters is 1. The molecule has 0 spiro atoms. The van der Waals surface area contributed by atoms with E-state index in [2.05, 4.69) is 15.8 Å². The number of anilines is 1. The molecule has 3 rings (SSSR count). The van der Waals surface area contributed by atoms with Crippen LogP contribution >= 0.6 is 0 Å². The molecule has 9 heteroatoms. The van der Waals surface area contributed by atoms with Crippen molar-refractivity contribution in [2.45, 2.75) is 6.92 Å². The first-order valence-electron chi connectivity index (χ1n) is 10.1. The molecule has 0 atom stereocenters. The highest BCUT2D eigenvalue weighted by Crippen LogP contribution is 2.28. The smallest absolute Gasteiger partial charge is 0.343 e. The molecule has 2 N–H and O–H groups in total. The van der Waals surface area contributed by atoms with Crippen molar-refractivity contribution < 1.29 is 28.6 Å². The van der Waals surface area contributed by atoms with Crippen molar-refractivity contribution in [3.8, 4) is 17.2 Å². The SMILES string of the molecule is COc1ccc(NC(=O)C(=O)N/N=C/c2cccc(OC(=O)c3cccc(C)c3)c2)c(OC)c1. The minimum atomic E-state index is -0.976. The second-order valence-electron chi connectivity index (χ2n) is 7.05. The summed E-state index contributed by atoms with van der Waals surface area (Å²) < 4.78 is 15.7. The molecule has 0 saturated carbocycles. The molecule has 174 valence electrons. The number of ether oxygens (including phenoxy) is 3. The van der Waals surface area contributed by atoms with E-state index < -0.39 is 17.8 Å². The van der Waals surface area contributed by atoms with Gasteiger partial charge in [-0.25, -0.2) is 10.2 Å². The maximum atomic E-state index is 12.3. The minimum Gasteiger partial charge on any atom is -0.497 e. The number of hydrazone groups is 1. The number of rotatable bonds is 7. The maximum Gasteiger partial charge on any atom is 0.343 e. The van der Waals surface area contributed by atoms with Gasteiger partial charge in [-0.3, -0.25) is 9.59 Å². The molecule has 0 heterocycles. The quantitative estimate of drug-likeness (QED) is 0.183. The molecule has 0 radical (unpaired) electrons. The number of aryl methyl sites for hydroxylation is 1. The zero-order valence-corrected chi connectivity index (χ0v) is 18.8. The fraction of sp³-hybridized carbons (Fsp3) is 0.120. The van der Waals surface area contributed by atoms with Gasteiger partial charge in [0, 0.05) is 6.07 Å². The molecule has 0 aliphatic heterocycles. The van der Waals surface area contributed by atoms with Crippen molar-refractivity contribution in [1.82, 2.24) is 5.43 Å². The van der Waals surface area contributed by atoms with Gasteiger partial charge in [0.1, 0.15) is 17.2 Å². The fourth-order valence-electron chi connectivity index (χ4n) is 2.89. The van der Waals surface area contributed by atoms with Crippen molar-refractivity contribution >= 4 is 29.7 Å². The van der Waals surface area contributed by atoms with Crippen LogP contribution in [0.4, 0.5) is 5.69 Å². The molecular weight excluding hydrogens is 438 g/mol. The Morgan fingerprint density at radius 2 is 1.65 bits per heavy atom. The van der Waals surface area contributed by atoms with Gasteiger partial charge in [-0.15, -0.1) is 0 Å². The van der Waals surface area contributed by atoms with E-state index in [1.165, 1.54) is 20.4 Å². The standard InChI is InChI=1S/C25H23N3O6/c1-16-6-4-8-18(12-16)25(31)34-20-9-5-7-17(13-20)15-26-28-24(30)23(29)27-21-11-10-19(32-2)14-22(21)33-3/h4-15H,1-3H3,(H,27,29)(H,28,30)/b26-15+. The Balaban J connectivity index is 1.58. The van der Waals surface area contributed by atoms with E-state index in [-0.39, 0.29) is 0 Å².